The summed E-state index contributed by atoms with van der Waals surface area (Å²) in [7, 11) is 0. The molecule has 0 spiro atoms. The third kappa shape index (κ3) is 2.72. The standard InChI is InChI=1S/C16H10F2N2O/c17-13-6-5-11(8-14(13)18)16(21)20-12-7-10-3-1-2-4-15(10)19-9-12/h1-9H,(H,20,21). The zero-order chi connectivity index (χ0) is 14.8. The highest BCUT2D eigenvalue weighted by molar-refractivity contribution is 6.04. The van der Waals surface area contributed by atoms with Gasteiger partial charge in [0.05, 0.1) is 17.4 Å². The molecule has 0 fully saturated rings. The fraction of sp³-hybridized carbons (Fsp3) is 0. The van der Waals surface area contributed by atoms with Crippen molar-refractivity contribution >= 4 is 22.5 Å². The minimum absolute atomic E-state index is 0.0436. The molecule has 21 heavy (non-hydrogen) atoms. The van der Waals surface area contributed by atoms with Gasteiger partial charge >= 0.3 is 0 Å². The third-order valence-electron chi connectivity index (χ3n) is 3.03. The third-order valence-corrected chi connectivity index (χ3v) is 3.03. The zero-order valence-electron chi connectivity index (χ0n) is 10.8. The van der Waals surface area contributed by atoms with Crippen molar-refractivity contribution in [3.63, 3.8) is 0 Å². The van der Waals surface area contributed by atoms with Crippen molar-refractivity contribution in [1.29, 1.82) is 0 Å². The van der Waals surface area contributed by atoms with Crippen molar-refractivity contribution in [3.05, 3.63) is 71.9 Å². The van der Waals surface area contributed by atoms with Crippen molar-refractivity contribution in [2.24, 2.45) is 0 Å². The summed E-state index contributed by atoms with van der Waals surface area (Å²) in [6.45, 7) is 0. The van der Waals surface area contributed by atoms with Crippen molar-refractivity contribution in [2.45, 2.75) is 0 Å². The summed E-state index contributed by atoms with van der Waals surface area (Å²) >= 11 is 0. The van der Waals surface area contributed by atoms with Crippen LogP contribution in [-0.4, -0.2) is 10.9 Å². The predicted octanol–water partition coefficient (Wildman–Crippen LogP) is 3.77. The molecule has 2 aromatic carbocycles. The summed E-state index contributed by atoms with van der Waals surface area (Å²) in [6.07, 6.45) is 1.51. The van der Waals surface area contributed by atoms with Gasteiger partial charge in [0.25, 0.3) is 5.91 Å². The number of hydrogen-bond donors (Lipinski definition) is 1. The molecule has 0 atom stereocenters. The molecule has 0 unspecified atom stereocenters. The van der Waals surface area contributed by atoms with Crippen LogP contribution in [0.5, 0.6) is 0 Å². The topological polar surface area (TPSA) is 42.0 Å². The van der Waals surface area contributed by atoms with E-state index in [1.54, 1.807) is 6.07 Å². The van der Waals surface area contributed by atoms with E-state index in [0.29, 0.717) is 5.69 Å². The molecule has 0 aliphatic heterocycles. The van der Waals surface area contributed by atoms with Gasteiger partial charge in [0.1, 0.15) is 0 Å². The number of nitrogens with one attached hydrogen (secondary N) is 1. The quantitative estimate of drug-likeness (QED) is 0.778. The van der Waals surface area contributed by atoms with Crippen molar-refractivity contribution in [2.75, 3.05) is 5.32 Å². The number of halogens is 2. The van der Waals surface area contributed by atoms with Crippen LogP contribution in [0, 0.1) is 11.6 Å². The van der Waals surface area contributed by atoms with E-state index >= 15 is 0 Å². The van der Waals surface area contributed by atoms with E-state index in [-0.39, 0.29) is 5.56 Å². The molecule has 3 nitrogen and oxygen atoms in total. The van der Waals surface area contributed by atoms with Gasteiger partial charge in [0.15, 0.2) is 11.6 Å². The van der Waals surface area contributed by atoms with E-state index in [1.165, 1.54) is 12.3 Å². The van der Waals surface area contributed by atoms with E-state index in [1.807, 2.05) is 24.3 Å². The van der Waals surface area contributed by atoms with Gasteiger partial charge in [0, 0.05) is 10.9 Å². The Kier molecular flexibility index (Phi) is 3.31. The maximum absolute atomic E-state index is 13.1. The number of aromatic nitrogens is 1. The maximum atomic E-state index is 13.1. The van der Waals surface area contributed by atoms with Crippen LogP contribution in [0.1, 0.15) is 10.4 Å². The first-order valence-electron chi connectivity index (χ1n) is 6.25. The smallest absolute Gasteiger partial charge is 0.255 e. The fourth-order valence-corrected chi connectivity index (χ4v) is 1.98. The van der Waals surface area contributed by atoms with Crippen LogP contribution < -0.4 is 5.32 Å². The lowest BCUT2D eigenvalue weighted by molar-refractivity contribution is 0.102. The number of hydrogen-bond acceptors (Lipinski definition) is 2. The SMILES string of the molecule is O=C(Nc1cnc2ccccc2c1)c1ccc(F)c(F)c1. The minimum Gasteiger partial charge on any atom is -0.321 e. The largest absolute Gasteiger partial charge is 0.321 e. The minimum atomic E-state index is -1.06. The molecule has 0 radical (unpaired) electrons. The Hall–Kier alpha value is -2.82. The van der Waals surface area contributed by atoms with Crippen LogP contribution in [0.3, 0.4) is 0 Å². The summed E-state index contributed by atoms with van der Waals surface area (Å²) in [5, 5.41) is 3.48. The van der Waals surface area contributed by atoms with Gasteiger partial charge in [-0.05, 0) is 30.3 Å². The normalized spacial score (nSPS) is 10.6. The molecule has 104 valence electrons. The summed E-state index contributed by atoms with van der Waals surface area (Å²) < 4.78 is 26.0. The first kappa shape index (κ1) is 13.2. The summed E-state index contributed by atoms with van der Waals surface area (Å²) in [5.41, 5.74) is 1.34. The fourth-order valence-electron chi connectivity index (χ4n) is 1.98. The number of pyridine rings is 1. The van der Waals surface area contributed by atoms with Gasteiger partial charge < -0.3 is 5.32 Å². The second kappa shape index (κ2) is 5.28. The number of rotatable bonds is 2. The van der Waals surface area contributed by atoms with Crippen LogP contribution in [0.2, 0.25) is 0 Å². The number of carbonyl (C=O) groups excluding carboxylic acids is 1. The maximum Gasteiger partial charge on any atom is 0.255 e. The van der Waals surface area contributed by atoms with E-state index in [0.717, 1.165) is 23.0 Å². The Morgan fingerprint density at radius 1 is 1.00 bits per heavy atom. The monoisotopic (exact) mass is 284 g/mol. The molecule has 0 aliphatic carbocycles. The first-order valence-corrected chi connectivity index (χ1v) is 6.25. The van der Waals surface area contributed by atoms with Crippen LogP contribution in [0.4, 0.5) is 14.5 Å². The van der Waals surface area contributed by atoms with E-state index < -0.39 is 17.5 Å². The zero-order valence-corrected chi connectivity index (χ0v) is 10.8. The van der Waals surface area contributed by atoms with Gasteiger partial charge in [0.2, 0.25) is 0 Å². The number of carbonyl (C=O) groups is 1. The van der Waals surface area contributed by atoms with Crippen molar-refractivity contribution < 1.29 is 13.6 Å². The van der Waals surface area contributed by atoms with Gasteiger partial charge in [-0.15, -0.1) is 0 Å². The average Bonchev–Trinajstić information content (AvgIpc) is 2.50. The second-order valence-corrected chi connectivity index (χ2v) is 4.50. The van der Waals surface area contributed by atoms with E-state index in [9.17, 15) is 13.6 Å². The van der Waals surface area contributed by atoms with E-state index in [4.69, 9.17) is 0 Å². The average molecular weight is 284 g/mol. The molecule has 5 heteroatoms. The molecule has 1 N–H and O–H groups in total. The lowest BCUT2D eigenvalue weighted by atomic mass is 10.2. The summed E-state index contributed by atoms with van der Waals surface area (Å²) in [6, 6.07) is 12.2. The molecule has 0 bridgehead atoms. The number of para-hydroxylation sites is 1. The van der Waals surface area contributed by atoms with Gasteiger partial charge in [-0.25, -0.2) is 8.78 Å². The van der Waals surface area contributed by atoms with Gasteiger partial charge in [-0.3, -0.25) is 9.78 Å². The molecule has 0 aliphatic rings. The lowest BCUT2D eigenvalue weighted by Gasteiger charge is -2.06. The van der Waals surface area contributed by atoms with Crippen LogP contribution in [-0.2, 0) is 0 Å². The first-order chi connectivity index (χ1) is 10.1. The van der Waals surface area contributed by atoms with Crippen molar-refractivity contribution in [3.8, 4) is 0 Å². The molecule has 1 aromatic heterocycles. The Balaban J connectivity index is 1.87. The Morgan fingerprint density at radius 2 is 1.81 bits per heavy atom. The number of anilines is 1. The molecular formula is C16H10F2N2O. The Morgan fingerprint density at radius 3 is 2.62 bits per heavy atom. The summed E-state index contributed by atoms with van der Waals surface area (Å²) in [4.78, 5) is 16.2. The van der Waals surface area contributed by atoms with E-state index in [2.05, 4.69) is 10.3 Å². The Bertz CT molecular complexity index is 833. The summed E-state index contributed by atoms with van der Waals surface area (Å²) in [5.74, 6) is -2.57. The van der Waals surface area contributed by atoms with Crippen molar-refractivity contribution in [1.82, 2.24) is 4.98 Å². The Labute approximate surface area is 119 Å². The van der Waals surface area contributed by atoms with Crippen LogP contribution in [0.15, 0.2) is 54.7 Å². The van der Waals surface area contributed by atoms with Gasteiger partial charge in [-0.2, -0.15) is 0 Å². The number of amides is 1. The predicted molar refractivity (Wildman–Crippen MR) is 76.1 cm³/mol. The molecule has 3 aromatic rings. The number of nitrogens with zero attached hydrogens (tertiary/aromatic N) is 1. The molecule has 1 amide bonds. The number of benzene rings is 2. The molecule has 0 saturated carbocycles. The highest BCUT2D eigenvalue weighted by Gasteiger charge is 2.10. The molecule has 0 saturated heterocycles. The van der Waals surface area contributed by atoms with Crippen LogP contribution >= 0.6 is 0 Å². The van der Waals surface area contributed by atoms with Gasteiger partial charge in [-0.1, -0.05) is 18.2 Å². The van der Waals surface area contributed by atoms with Crippen LogP contribution in [0.25, 0.3) is 10.9 Å². The molecular weight excluding hydrogens is 274 g/mol. The highest BCUT2D eigenvalue weighted by Crippen LogP contribution is 2.17. The number of fused-ring (bicyclic) bond motifs is 1. The molecule has 3 rings (SSSR count). The molecule has 1 heterocycles. The highest BCUT2D eigenvalue weighted by atomic mass is 19.2. The second-order valence-electron chi connectivity index (χ2n) is 4.50. The lowest BCUT2D eigenvalue weighted by Crippen LogP contribution is -2.12.